The van der Waals surface area contributed by atoms with E-state index in [0.717, 1.165) is 11.3 Å². The quantitative estimate of drug-likeness (QED) is 0.204. The highest BCUT2D eigenvalue weighted by Gasteiger charge is 2.49. The molecule has 1 N–H and O–H groups in total. The van der Waals surface area contributed by atoms with Gasteiger partial charge in [0, 0.05) is 16.1 Å². The average molecular weight is 525 g/mol. The van der Waals surface area contributed by atoms with Gasteiger partial charge in [0.05, 0.1) is 30.0 Å². The number of aromatic nitrogens is 1. The van der Waals surface area contributed by atoms with E-state index in [2.05, 4.69) is 4.98 Å². The summed E-state index contributed by atoms with van der Waals surface area (Å²) in [5, 5.41) is 11.9. The number of thiazole rings is 1. The summed E-state index contributed by atoms with van der Waals surface area (Å²) in [4.78, 5) is 32.5. The van der Waals surface area contributed by atoms with Crippen LogP contribution in [0.25, 0.3) is 16.0 Å². The van der Waals surface area contributed by atoms with E-state index < -0.39 is 23.5 Å². The molecule has 1 aliphatic heterocycles. The van der Waals surface area contributed by atoms with Crippen molar-refractivity contribution in [3.05, 3.63) is 88.2 Å². The highest BCUT2D eigenvalue weighted by Crippen LogP contribution is 2.48. The molecule has 7 nitrogen and oxygen atoms in total. The van der Waals surface area contributed by atoms with Crippen LogP contribution < -0.4 is 14.4 Å². The molecule has 1 saturated heterocycles. The Kier molecular flexibility index (Phi) is 6.11. The largest absolute Gasteiger partial charge is 0.507 e. The van der Waals surface area contributed by atoms with E-state index in [-0.39, 0.29) is 22.2 Å². The summed E-state index contributed by atoms with van der Waals surface area (Å²) < 4.78 is 25.4. The third-order valence-electron chi connectivity index (χ3n) is 5.84. The van der Waals surface area contributed by atoms with Gasteiger partial charge in [0.15, 0.2) is 16.6 Å². The number of anilines is 1. The van der Waals surface area contributed by atoms with Gasteiger partial charge in [-0.3, -0.25) is 14.5 Å². The molecule has 0 bridgehead atoms. The number of aliphatic hydroxyl groups excluding tert-OH is 1. The molecule has 1 aromatic heterocycles. The number of Topliss-reactive ketones (excluding diaryl/α,β-unsaturated/α-hetero) is 1. The lowest BCUT2D eigenvalue weighted by atomic mass is 9.94. The zero-order valence-electron chi connectivity index (χ0n) is 19.0. The van der Waals surface area contributed by atoms with Gasteiger partial charge in [-0.25, -0.2) is 9.37 Å². The summed E-state index contributed by atoms with van der Waals surface area (Å²) in [6.07, 6.45) is 0. The molecule has 0 saturated carbocycles. The van der Waals surface area contributed by atoms with E-state index in [4.69, 9.17) is 21.1 Å². The highest BCUT2D eigenvalue weighted by atomic mass is 35.5. The second-order valence-corrected chi connectivity index (χ2v) is 9.31. The first kappa shape index (κ1) is 23.8. The molecule has 0 spiro atoms. The first-order valence-electron chi connectivity index (χ1n) is 10.7. The summed E-state index contributed by atoms with van der Waals surface area (Å²) in [5.41, 5.74) is 1.01. The predicted octanol–water partition coefficient (Wildman–Crippen LogP) is 5.73. The first-order valence-corrected chi connectivity index (χ1v) is 11.9. The number of amides is 1. The van der Waals surface area contributed by atoms with E-state index in [9.17, 15) is 19.1 Å². The number of hydrogen-bond acceptors (Lipinski definition) is 7. The number of ether oxygens (including phenoxy) is 2. The fraction of sp³-hybridized carbons (Fsp3) is 0.115. The third-order valence-corrected chi connectivity index (χ3v) is 7.10. The molecule has 5 rings (SSSR count). The minimum atomic E-state index is -1.10. The van der Waals surface area contributed by atoms with Gasteiger partial charge in [-0.1, -0.05) is 35.1 Å². The Morgan fingerprint density at radius 1 is 1.08 bits per heavy atom. The van der Waals surface area contributed by atoms with Gasteiger partial charge >= 0.3 is 5.91 Å². The number of carbonyl (C=O) groups excluding carboxylic acids is 2. The van der Waals surface area contributed by atoms with Crippen LogP contribution in [0.1, 0.15) is 17.2 Å². The SMILES string of the molecule is COc1cccc(C2C(=C(O)c3ccc(Cl)cc3)C(=O)C(=O)N2c2nc3ccc(F)cc3s2)c1OC. The Hall–Kier alpha value is -3.95. The van der Waals surface area contributed by atoms with E-state index in [1.165, 1.54) is 37.3 Å². The van der Waals surface area contributed by atoms with Crippen molar-refractivity contribution in [3.63, 3.8) is 0 Å². The number of nitrogens with zero attached hydrogens (tertiary/aromatic N) is 2. The average Bonchev–Trinajstić information content (AvgIpc) is 3.40. The van der Waals surface area contributed by atoms with Crippen LogP contribution in [0.2, 0.25) is 5.02 Å². The number of benzene rings is 3. The van der Waals surface area contributed by atoms with Crippen LogP contribution in [-0.4, -0.2) is 36.0 Å². The van der Waals surface area contributed by atoms with Gasteiger partial charge < -0.3 is 14.6 Å². The number of rotatable bonds is 5. The van der Waals surface area contributed by atoms with Crippen molar-refractivity contribution >= 4 is 55.7 Å². The minimum absolute atomic E-state index is 0.153. The minimum Gasteiger partial charge on any atom is -0.507 e. The number of fused-ring (bicyclic) bond motifs is 1. The van der Waals surface area contributed by atoms with Crippen LogP contribution in [0.4, 0.5) is 9.52 Å². The molecule has 1 unspecified atom stereocenters. The van der Waals surface area contributed by atoms with Crippen LogP contribution in [0.5, 0.6) is 11.5 Å². The maximum atomic E-state index is 13.8. The van der Waals surface area contributed by atoms with Crippen molar-refractivity contribution in [2.45, 2.75) is 6.04 Å². The number of para-hydroxylation sites is 1. The highest BCUT2D eigenvalue weighted by molar-refractivity contribution is 7.22. The molecule has 0 aliphatic carbocycles. The van der Waals surface area contributed by atoms with Crippen LogP contribution in [0.3, 0.4) is 0 Å². The number of carbonyl (C=O) groups is 2. The zero-order chi connectivity index (χ0) is 25.6. The smallest absolute Gasteiger partial charge is 0.301 e. The van der Waals surface area contributed by atoms with Crippen LogP contribution in [0, 0.1) is 5.82 Å². The van der Waals surface area contributed by atoms with Gasteiger partial charge in [0.25, 0.3) is 5.78 Å². The summed E-state index contributed by atoms with van der Waals surface area (Å²) in [6, 6.07) is 14.2. The van der Waals surface area contributed by atoms with Crippen molar-refractivity contribution in [2.75, 3.05) is 19.1 Å². The monoisotopic (exact) mass is 524 g/mol. The van der Waals surface area contributed by atoms with Gasteiger partial charge in [0.1, 0.15) is 17.6 Å². The second-order valence-electron chi connectivity index (χ2n) is 7.87. The van der Waals surface area contributed by atoms with E-state index in [1.807, 2.05) is 0 Å². The van der Waals surface area contributed by atoms with Crippen LogP contribution >= 0.6 is 22.9 Å². The molecular weight excluding hydrogens is 507 g/mol. The standard InChI is InChI=1S/C26H18ClFN2O5S/c1-34-18-5-3-4-16(24(18)35-2)21-20(22(31)13-6-8-14(27)9-7-13)23(32)25(33)30(21)26-29-17-11-10-15(28)12-19(17)36-26/h3-12,21,31H,1-2H3. The lowest BCUT2D eigenvalue weighted by Gasteiger charge is -2.25. The van der Waals surface area contributed by atoms with Crippen molar-refractivity contribution in [2.24, 2.45) is 0 Å². The molecule has 182 valence electrons. The lowest BCUT2D eigenvalue weighted by molar-refractivity contribution is -0.132. The maximum absolute atomic E-state index is 13.8. The maximum Gasteiger partial charge on any atom is 0.301 e. The lowest BCUT2D eigenvalue weighted by Crippen LogP contribution is -2.29. The fourth-order valence-corrected chi connectivity index (χ4v) is 5.35. The molecule has 0 radical (unpaired) electrons. The number of hydrogen-bond donors (Lipinski definition) is 1. The number of methoxy groups -OCH3 is 2. The molecule has 1 atom stereocenters. The molecule has 1 aliphatic rings. The Morgan fingerprint density at radius 2 is 1.83 bits per heavy atom. The first-order chi connectivity index (χ1) is 17.3. The molecule has 1 amide bonds. The van der Waals surface area contributed by atoms with Gasteiger partial charge in [-0.05, 0) is 48.5 Å². The molecular formula is C26H18ClFN2O5S. The summed E-state index contributed by atoms with van der Waals surface area (Å²) in [6.45, 7) is 0. The van der Waals surface area contributed by atoms with Crippen LogP contribution in [0.15, 0.2) is 66.2 Å². The van der Waals surface area contributed by atoms with Gasteiger partial charge in [-0.15, -0.1) is 0 Å². The molecule has 10 heteroatoms. The Labute approximate surface area is 214 Å². The van der Waals surface area contributed by atoms with Crippen LogP contribution in [-0.2, 0) is 9.59 Å². The van der Waals surface area contributed by atoms with E-state index in [1.54, 1.807) is 42.5 Å². The molecule has 2 heterocycles. The molecule has 4 aromatic rings. The van der Waals surface area contributed by atoms with Crippen molar-refractivity contribution in [1.29, 1.82) is 0 Å². The van der Waals surface area contributed by atoms with Gasteiger partial charge in [-0.2, -0.15) is 0 Å². The zero-order valence-corrected chi connectivity index (χ0v) is 20.6. The number of ketones is 1. The van der Waals surface area contributed by atoms with Crippen molar-refractivity contribution in [1.82, 2.24) is 4.98 Å². The Morgan fingerprint density at radius 3 is 2.53 bits per heavy atom. The fourth-order valence-electron chi connectivity index (χ4n) is 4.20. The summed E-state index contributed by atoms with van der Waals surface area (Å²) in [5.74, 6) is -1.96. The summed E-state index contributed by atoms with van der Waals surface area (Å²) in [7, 11) is 2.90. The normalized spacial score (nSPS) is 17.1. The van der Waals surface area contributed by atoms with E-state index >= 15 is 0 Å². The third kappa shape index (κ3) is 3.86. The van der Waals surface area contributed by atoms with Crippen molar-refractivity contribution in [3.8, 4) is 11.5 Å². The topological polar surface area (TPSA) is 89.0 Å². The van der Waals surface area contributed by atoms with Gasteiger partial charge in [0.2, 0.25) is 0 Å². The predicted molar refractivity (Wildman–Crippen MR) is 135 cm³/mol. The van der Waals surface area contributed by atoms with E-state index in [0.29, 0.717) is 32.1 Å². The number of aliphatic hydroxyl groups is 1. The Balaban J connectivity index is 1.79. The number of halogens is 2. The second kappa shape index (κ2) is 9.25. The molecule has 1 fully saturated rings. The molecule has 3 aromatic carbocycles. The van der Waals surface area contributed by atoms with Crippen molar-refractivity contribution < 1.29 is 28.6 Å². The Bertz CT molecular complexity index is 1550. The molecule has 36 heavy (non-hydrogen) atoms. The summed E-state index contributed by atoms with van der Waals surface area (Å²) >= 11 is 7.04.